The largest absolute Gasteiger partial charge is 0.307 e. The Bertz CT molecular complexity index is 113. The van der Waals surface area contributed by atoms with Crippen molar-refractivity contribution in [1.82, 2.24) is 5.32 Å². The molecule has 11 heavy (non-hydrogen) atoms. The number of hydrogen-bond donors (Lipinski definition) is 1. The van der Waals surface area contributed by atoms with Gasteiger partial charge in [0, 0.05) is 18.0 Å². The summed E-state index contributed by atoms with van der Waals surface area (Å²) in [6.07, 6.45) is 4.67. The third kappa shape index (κ3) is 2.31. The Morgan fingerprint density at radius 3 is 2.45 bits per heavy atom. The van der Waals surface area contributed by atoms with Crippen LogP contribution in [0, 0.1) is 0 Å². The van der Waals surface area contributed by atoms with E-state index in [1.54, 1.807) is 0 Å². The molecule has 1 nitrogen and oxygen atoms in total. The zero-order valence-corrected chi connectivity index (χ0v) is 7.46. The predicted octanol–water partition coefficient (Wildman–Crippen LogP) is 2.10. The van der Waals surface area contributed by atoms with Crippen molar-refractivity contribution in [2.45, 2.75) is 31.2 Å². The first-order valence-corrected chi connectivity index (χ1v) is 4.73. The van der Waals surface area contributed by atoms with E-state index in [0.717, 1.165) is 12.8 Å². The van der Waals surface area contributed by atoms with Gasteiger partial charge in [-0.25, -0.2) is 4.39 Å². The third-order valence-electron chi connectivity index (χ3n) is 2.41. The van der Waals surface area contributed by atoms with Crippen LogP contribution < -0.4 is 5.32 Å². The third-order valence-corrected chi connectivity index (χ3v) is 2.92. The van der Waals surface area contributed by atoms with Crippen LogP contribution in [0.25, 0.3) is 0 Å². The maximum Gasteiger partial charge on any atom is 0.102 e. The van der Waals surface area contributed by atoms with Crippen molar-refractivity contribution < 1.29 is 4.39 Å². The molecular weight excluding hydrogens is 165 g/mol. The standard InChI is InChI=1S/C8H15ClFN/c9-7-8(11-6-5-10)3-1-2-4-8/h11H,1-7H2. The second-order valence-electron chi connectivity index (χ2n) is 3.24. The molecule has 1 rings (SSSR count). The molecule has 0 spiro atoms. The van der Waals surface area contributed by atoms with Crippen molar-refractivity contribution >= 4 is 11.6 Å². The summed E-state index contributed by atoms with van der Waals surface area (Å²) in [5, 5.41) is 3.19. The average molecular weight is 180 g/mol. The SMILES string of the molecule is FCCNC1(CCl)CCCC1. The van der Waals surface area contributed by atoms with Crippen LogP contribution >= 0.6 is 11.6 Å². The monoisotopic (exact) mass is 179 g/mol. The van der Waals surface area contributed by atoms with E-state index in [0.29, 0.717) is 12.4 Å². The van der Waals surface area contributed by atoms with Crippen LogP contribution in [-0.2, 0) is 0 Å². The van der Waals surface area contributed by atoms with Gasteiger partial charge in [0.2, 0.25) is 0 Å². The maximum atomic E-state index is 11.8. The van der Waals surface area contributed by atoms with Crippen LogP contribution in [0.1, 0.15) is 25.7 Å². The summed E-state index contributed by atoms with van der Waals surface area (Å²) in [6.45, 7) is 0.158. The van der Waals surface area contributed by atoms with E-state index in [1.807, 2.05) is 0 Å². The highest BCUT2D eigenvalue weighted by Crippen LogP contribution is 2.30. The summed E-state index contributed by atoms with van der Waals surface area (Å²) >= 11 is 5.82. The molecule has 66 valence electrons. The van der Waals surface area contributed by atoms with Gasteiger partial charge in [-0.15, -0.1) is 11.6 Å². The van der Waals surface area contributed by atoms with Crippen molar-refractivity contribution in [2.75, 3.05) is 19.1 Å². The van der Waals surface area contributed by atoms with Gasteiger partial charge >= 0.3 is 0 Å². The molecule has 3 heteroatoms. The first kappa shape index (κ1) is 9.27. The van der Waals surface area contributed by atoms with Gasteiger partial charge in [0.25, 0.3) is 0 Å². The highest BCUT2D eigenvalue weighted by Gasteiger charge is 2.31. The lowest BCUT2D eigenvalue weighted by Gasteiger charge is -2.27. The van der Waals surface area contributed by atoms with Crippen molar-refractivity contribution in [3.8, 4) is 0 Å². The minimum absolute atomic E-state index is 0.0631. The fourth-order valence-corrected chi connectivity index (χ4v) is 2.08. The summed E-state index contributed by atoms with van der Waals surface area (Å²) in [7, 11) is 0. The first-order valence-electron chi connectivity index (χ1n) is 4.20. The molecule has 0 atom stereocenters. The maximum absolute atomic E-state index is 11.8. The lowest BCUT2D eigenvalue weighted by Crippen LogP contribution is -2.45. The first-order chi connectivity index (χ1) is 5.33. The van der Waals surface area contributed by atoms with Gasteiger partial charge in [0.15, 0.2) is 0 Å². The van der Waals surface area contributed by atoms with E-state index in [2.05, 4.69) is 5.32 Å². The Balaban J connectivity index is 2.33. The molecule has 1 saturated carbocycles. The van der Waals surface area contributed by atoms with E-state index in [4.69, 9.17) is 11.6 Å². The molecule has 1 N–H and O–H groups in total. The quantitative estimate of drug-likeness (QED) is 0.652. The number of halogens is 2. The fourth-order valence-electron chi connectivity index (χ4n) is 1.72. The molecule has 0 bridgehead atoms. The van der Waals surface area contributed by atoms with Gasteiger partial charge in [-0.1, -0.05) is 12.8 Å². The Morgan fingerprint density at radius 2 is 2.00 bits per heavy atom. The lowest BCUT2D eigenvalue weighted by atomic mass is 10.0. The van der Waals surface area contributed by atoms with Crippen molar-refractivity contribution in [3.05, 3.63) is 0 Å². The second kappa shape index (κ2) is 4.27. The zero-order chi connectivity index (χ0) is 8.16. The van der Waals surface area contributed by atoms with Crippen LogP contribution in [0.5, 0.6) is 0 Å². The molecule has 0 amide bonds. The molecule has 0 aliphatic heterocycles. The van der Waals surface area contributed by atoms with Gasteiger partial charge in [0.05, 0.1) is 0 Å². The molecule has 0 unspecified atom stereocenters. The average Bonchev–Trinajstić information content (AvgIpc) is 2.50. The van der Waals surface area contributed by atoms with Gasteiger partial charge in [0.1, 0.15) is 6.67 Å². The number of nitrogens with one attached hydrogen (secondary N) is 1. The van der Waals surface area contributed by atoms with E-state index in [9.17, 15) is 4.39 Å². The molecule has 0 aromatic heterocycles. The minimum Gasteiger partial charge on any atom is -0.307 e. The predicted molar refractivity (Wildman–Crippen MR) is 45.9 cm³/mol. The lowest BCUT2D eigenvalue weighted by molar-refractivity contribution is 0.343. The summed E-state index contributed by atoms with van der Waals surface area (Å²) in [4.78, 5) is 0. The van der Waals surface area contributed by atoms with Crippen molar-refractivity contribution in [1.29, 1.82) is 0 Å². The summed E-state index contributed by atoms with van der Waals surface area (Å²) < 4.78 is 11.8. The van der Waals surface area contributed by atoms with Gasteiger partial charge < -0.3 is 5.32 Å². The zero-order valence-electron chi connectivity index (χ0n) is 6.71. The summed E-state index contributed by atoms with van der Waals surface area (Å²) in [6, 6.07) is 0. The summed E-state index contributed by atoms with van der Waals surface area (Å²) in [5.41, 5.74) is 0.0631. The van der Waals surface area contributed by atoms with Crippen LogP contribution in [0.3, 0.4) is 0 Å². The minimum atomic E-state index is -0.293. The Labute approximate surface area is 72.3 Å². The molecule has 0 aromatic rings. The Morgan fingerprint density at radius 1 is 1.36 bits per heavy atom. The molecule has 1 aliphatic rings. The smallest absolute Gasteiger partial charge is 0.102 e. The van der Waals surface area contributed by atoms with E-state index in [1.165, 1.54) is 12.8 Å². The van der Waals surface area contributed by atoms with E-state index in [-0.39, 0.29) is 12.2 Å². The van der Waals surface area contributed by atoms with E-state index < -0.39 is 0 Å². The highest BCUT2D eigenvalue weighted by molar-refractivity contribution is 6.18. The Kier molecular flexibility index (Phi) is 3.60. The van der Waals surface area contributed by atoms with Gasteiger partial charge in [-0.05, 0) is 12.8 Å². The van der Waals surface area contributed by atoms with Crippen LogP contribution in [0.15, 0.2) is 0 Å². The van der Waals surface area contributed by atoms with Gasteiger partial charge in [-0.3, -0.25) is 0 Å². The molecular formula is C8H15ClFN. The highest BCUT2D eigenvalue weighted by atomic mass is 35.5. The van der Waals surface area contributed by atoms with Crippen molar-refractivity contribution in [3.63, 3.8) is 0 Å². The van der Waals surface area contributed by atoms with Crippen LogP contribution in [0.4, 0.5) is 4.39 Å². The molecule has 1 aliphatic carbocycles. The second-order valence-corrected chi connectivity index (χ2v) is 3.50. The molecule has 0 heterocycles. The van der Waals surface area contributed by atoms with Crippen LogP contribution in [-0.4, -0.2) is 24.6 Å². The Hall–Kier alpha value is 0.180. The van der Waals surface area contributed by atoms with Crippen LogP contribution in [0.2, 0.25) is 0 Å². The van der Waals surface area contributed by atoms with Crippen molar-refractivity contribution in [2.24, 2.45) is 0 Å². The number of alkyl halides is 2. The topological polar surface area (TPSA) is 12.0 Å². The molecule has 0 radical (unpaired) electrons. The molecule has 0 saturated heterocycles. The summed E-state index contributed by atoms with van der Waals surface area (Å²) in [5.74, 6) is 0.618. The molecule has 0 aromatic carbocycles. The fraction of sp³-hybridized carbons (Fsp3) is 1.00. The number of hydrogen-bond acceptors (Lipinski definition) is 1. The van der Waals surface area contributed by atoms with Gasteiger partial charge in [-0.2, -0.15) is 0 Å². The molecule has 1 fully saturated rings. The normalized spacial score (nSPS) is 22.4. The van der Waals surface area contributed by atoms with E-state index >= 15 is 0 Å². The number of rotatable bonds is 4.